The molecule has 1 aromatic carbocycles. The van der Waals surface area contributed by atoms with Gasteiger partial charge >= 0.3 is 0 Å². The zero-order valence-electron chi connectivity index (χ0n) is 18.8. The van der Waals surface area contributed by atoms with Gasteiger partial charge in [-0.3, -0.25) is 9.08 Å². The fourth-order valence-corrected chi connectivity index (χ4v) is 4.30. The average Bonchev–Trinajstić information content (AvgIpc) is 3.48. The van der Waals surface area contributed by atoms with Gasteiger partial charge in [-0.05, 0) is 42.3 Å². The summed E-state index contributed by atoms with van der Waals surface area (Å²) in [7, 11) is 3.54. The van der Waals surface area contributed by atoms with Gasteiger partial charge in [0.2, 0.25) is 5.95 Å². The Hall–Kier alpha value is -4.47. The van der Waals surface area contributed by atoms with Crippen LogP contribution in [0.1, 0.15) is 17.3 Å². The first-order valence-electron chi connectivity index (χ1n) is 11.0. The van der Waals surface area contributed by atoms with Crippen LogP contribution in [0.15, 0.2) is 60.9 Å². The molecule has 0 amide bonds. The number of hydrogen-bond acceptors (Lipinski definition) is 8. The molecule has 0 radical (unpaired) electrons. The third kappa shape index (κ3) is 3.58. The molecule has 1 aliphatic rings. The Morgan fingerprint density at radius 1 is 1.09 bits per heavy atom. The Kier molecular flexibility index (Phi) is 4.83. The van der Waals surface area contributed by atoms with Crippen LogP contribution in [0.4, 0.5) is 17.6 Å². The van der Waals surface area contributed by atoms with Crippen molar-refractivity contribution in [2.75, 3.05) is 24.3 Å². The van der Waals surface area contributed by atoms with Gasteiger partial charge in [0.25, 0.3) is 0 Å². The fraction of sp³-hybridized carbons (Fsp3) is 0.208. The maximum absolute atomic E-state index is 5.27. The van der Waals surface area contributed by atoms with Gasteiger partial charge in [0, 0.05) is 37.3 Å². The van der Waals surface area contributed by atoms with Crippen molar-refractivity contribution in [2.45, 2.75) is 12.3 Å². The molecular formula is C24H23N9O. The van der Waals surface area contributed by atoms with Crippen LogP contribution in [0.3, 0.4) is 0 Å². The number of benzene rings is 1. The normalized spacial score (nSPS) is 14.7. The molecule has 0 spiro atoms. The summed E-state index contributed by atoms with van der Waals surface area (Å²) in [5, 5.41) is 19.9. The molecule has 2 N–H and O–H groups in total. The molecule has 1 aliphatic heterocycles. The van der Waals surface area contributed by atoms with Gasteiger partial charge in [-0.1, -0.05) is 12.1 Å². The van der Waals surface area contributed by atoms with E-state index in [2.05, 4.69) is 53.5 Å². The first-order valence-corrected chi connectivity index (χ1v) is 11.0. The van der Waals surface area contributed by atoms with Crippen LogP contribution in [-0.2, 0) is 13.5 Å². The van der Waals surface area contributed by atoms with E-state index >= 15 is 0 Å². The van der Waals surface area contributed by atoms with Crippen molar-refractivity contribution in [3.63, 3.8) is 0 Å². The molecule has 5 aromatic rings. The highest BCUT2D eigenvalue weighted by atomic mass is 16.5. The van der Waals surface area contributed by atoms with Crippen LogP contribution in [0.5, 0.6) is 5.75 Å². The Labute approximate surface area is 195 Å². The topological polar surface area (TPSA) is 107 Å². The second kappa shape index (κ2) is 8.14. The number of nitrogens with one attached hydrogen (secondary N) is 2. The zero-order chi connectivity index (χ0) is 23.1. The molecule has 5 heterocycles. The van der Waals surface area contributed by atoms with Gasteiger partial charge in [-0.25, -0.2) is 9.97 Å². The standard InChI is InChI=1S/C24H23N9O/c1-32-20(8-10-27-32)29-24-25-9-7-19(28-24)16-12-21-26-14-17(23-31-30-22(13-16)33(21)23)11-15-3-5-18(34-2)6-4-15/h3-10,12-13,17,26H,11,14H2,1-2H3,(H,25,28,29)/t17-/m1/s1. The minimum absolute atomic E-state index is 0.218. The molecule has 6 rings (SSSR count). The van der Waals surface area contributed by atoms with Gasteiger partial charge in [-0.2, -0.15) is 5.10 Å². The molecule has 34 heavy (non-hydrogen) atoms. The van der Waals surface area contributed by atoms with Crippen LogP contribution < -0.4 is 15.4 Å². The lowest BCUT2D eigenvalue weighted by atomic mass is 9.97. The molecule has 0 unspecified atom stereocenters. The van der Waals surface area contributed by atoms with Gasteiger partial charge in [-0.15, -0.1) is 10.2 Å². The Bertz CT molecular complexity index is 1470. The molecular weight excluding hydrogens is 430 g/mol. The van der Waals surface area contributed by atoms with Crippen LogP contribution in [-0.4, -0.2) is 48.0 Å². The van der Waals surface area contributed by atoms with Crippen molar-refractivity contribution in [2.24, 2.45) is 7.05 Å². The Morgan fingerprint density at radius 2 is 1.97 bits per heavy atom. The number of rotatable bonds is 6. The Morgan fingerprint density at radius 3 is 2.76 bits per heavy atom. The van der Waals surface area contributed by atoms with Crippen molar-refractivity contribution >= 4 is 23.2 Å². The summed E-state index contributed by atoms with van der Waals surface area (Å²) in [5.41, 5.74) is 3.76. The smallest absolute Gasteiger partial charge is 0.228 e. The third-order valence-corrected chi connectivity index (χ3v) is 6.08. The SMILES string of the molecule is COc1ccc(C[C@@H]2CNc3cc(-c4ccnc(Nc5ccnn5C)n4)cc4nnc2n34)cc1. The molecule has 0 saturated heterocycles. The predicted molar refractivity (Wildman–Crippen MR) is 128 cm³/mol. The summed E-state index contributed by atoms with van der Waals surface area (Å²) in [4.78, 5) is 9.03. The first kappa shape index (κ1) is 20.2. The van der Waals surface area contributed by atoms with E-state index in [0.29, 0.717) is 5.95 Å². The minimum atomic E-state index is 0.218. The number of pyridine rings is 1. The Balaban J connectivity index is 1.30. The third-order valence-electron chi connectivity index (χ3n) is 6.08. The summed E-state index contributed by atoms with van der Waals surface area (Å²) in [6.45, 7) is 0.778. The lowest BCUT2D eigenvalue weighted by molar-refractivity contribution is 0.414. The lowest BCUT2D eigenvalue weighted by Crippen LogP contribution is -2.24. The molecule has 0 bridgehead atoms. The van der Waals surface area contributed by atoms with Gasteiger partial charge in [0.1, 0.15) is 23.2 Å². The zero-order valence-corrected chi connectivity index (χ0v) is 18.8. The predicted octanol–water partition coefficient (Wildman–Crippen LogP) is 3.42. The van der Waals surface area contributed by atoms with Crippen LogP contribution in [0.2, 0.25) is 0 Å². The van der Waals surface area contributed by atoms with E-state index in [-0.39, 0.29) is 5.92 Å². The summed E-state index contributed by atoms with van der Waals surface area (Å²) in [6.07, 6.45) is 4.33. The molecule has 0 fully saturated rings. The van der Waals surface area contributed by atoms with Crippen LogP contribution in [0, 0.1) is 0 Å². The van der Waals surface area contributed by atoms with E-state index in [0.717, 1.165) is 53.1 Å². The summed E-state index contributed by atoms with van der Waals surface area (Å²) < 4.78 is 9.10. The number of hydrogen-bond donors (Lipinski definition) is 2. The molecule has 1 atom stereocenters. The van der Waals surface area contributed by atoms with E-state index in [1.54, 1.807) is 24.2 Å². The van der Waals surface area contributed by atoms with E-state index in [1.165, 1.54) is 5.56 Å². The van der Waals surface area contributed by atoms with E-state index in [9.17, 15) is 0 Å². The van der Waals surface area contributed by atoms with Crippen molar-refractivity contribution in [1.29, 1.82) is 0 Å². The number of aryl methyl sites for hydroxylation is 1. The molecule has 10 nitrogen and oxygen atoms in total. The highest BCUT2D eigenvalue weighted by molar-refractivity contribution is 5.71. The summed E-state index contributed by atoms with van der Waals surface area (Å²) in [6, 6.07) is 16.0. The van der Waals surface area contributed by atoms with Gasteiger partial charge in [0.15, 0.2) is 5.65 Å². The van der Waals surface area contributed by atoms with E-state index in [1.807, 2.05) is 37.4 Å². The van der Waals surface area contributed by atoms with Crippen molar-refractivity contribution < 1.29 is 4.74 Å². The van der Waals surface area contributed by atoms with Gasteiger partial charge < -0.3 is 15.4 Å². The summed E-state index contributed by atoms with van der Waals surface area (Å²) in [5.74, 6) is 4.32. The maximum atomic E-state index is 5.27. The second-order valence-corrected chi connectivity index (χ2v) is 8.24. The lowest BCUT2D eigenvalue weighted by Gasteiger charge is -2.24. The number of ether oxygens (including phenoxy) is 1. The highest BCUT2D eigenvalue weighted by Gasteiger charge is 2.25. The summed E-state index contributed by atoms with van der Waals surface area (Å²) >= 11 is 0. The van der Waals surface area contributed by atoms with Crippen molar-refractivity contribution in [3.8, 4) is 17.0 Å². The van der Waals surface area contributed by atoms with Crippen LogP contribution in [0.25, 0.3) is 16.9 Å². The maximum Gasteiger partial charge on any atom is 0.228 e. The number of anilines is 3. The molecule has 0 saturated carbocycles. The fourth-order valence-electron chi connectivity index (χ4n) is 4.30. The molecule has 0 aliphatic carbocycles. The molecule has 4 aromatic heterocycles. The quantitative estimate of drug-likeness (QED) is 0.403. The number of nitrogens with zero attached hydrogens (tertiary/aromatic N) is 7. The monoisotopic (exact) mass is 453 g/mol. The first-order chi connectivity index (χ1) is 16.7. The molecule has 170 valence electrons. The molecule has 10 heteroatoms. The second-order valence-electron chi connectivity index (χ2n) is 8.24. The van der Waals surface area contributed by atoms with E-state index in [4.69, 9.17) is 9.72 Å². The van der Waals surface area contributed by atoms with Gasteiger partial charge in [0.05, 0.1) is 19.0 Å². The number of aromatic nitrogens is 7. The number of methoxy groups -OCH3 is 1. The van der Waals surface area contributed by atoms with E-state index < -0.39 is 0 Å². The minimum Gasteiger partial charge on any atom is -0.497 e. The van der Waals surface area contributed by atoms with Crippen LogP contribution >= 0.6 is 0 Å². The highest BCUT2D eigenvalue weighted by Crippen LogP contribution is 2.32. The largest absolute Gasteiger partial charge is 0.497 e. The average molecular weight is 454 g/mol. The van der Waals surface area contributed by atoms with Crippen molar-refractivity contribution in [3.05, 3.63) is 72.3 Å². The van der Waals surface area contributed by atoms with Crippen molar-refractivity contribution in [1.82, 2.24) is 34.3 Å².